The number of benzene rings is 2. The molecular formula is C20H16ClF3N2OS. The van der Waals surface area contributed by atoms with Crippen molar-refractivity contribution >= 4 is 23.4 Å². The van der Waals surface area contributed by atoms with E-state index >= 15 is 0 Å². The Balaban J connectivity index is 1.88. The van der Waals surface area contributed by atoms with Gasteiger partial charge in [0.15, 0.2) is 10.9 Å². The summed E-state index contributed by atoms with van der Waals surface area (Å²) in [5.74, 6) is 0.591. The minimum absolute atomic E-state index is 0.0337. The number of aryl methyl sites for hydroxylation is 2. The molecule has 3 rings (SSSR count). The van der Waals surface area contributed by atoms with Crippen LogP contribution in [0.5, 0.6) is 11.6 Å². The number of ether oxygens (including phenoxy) is 1. The zero-order chi connectivity index (χ0) is 20.3. The summed E-state index contributed by atoms with van der Waals surface area (Å²) in [7, 11) is 0. The van der Waals surface area contributed by atoms with Crippen LogP contribution in [0.1, 0.15) is 22.4 Å². The van der Waals surface area contributed by atoms with Gasteiger partial charge in [0.05, 0.1) is 0 Å². The molecule has 0 radical (unpaired) electrons. The molecule has 0 saturated carbocycles. The molecule has 0 amide bonds. The van der Waals surface area contributed by atoms with Crippen LogP contribution in [0.2, 0.25) is 5.02 Å². The van der Waals surface area contributed by atoms with Crippen molar-refractivity contribution in [3.05, 3.63) is 75.9 Å². The molecule has 1 aromatic heterocycles. The maximum atomic E-state index is 13.3. The van der Waals surface area contributed by atoms with Gasteiger partial charge in [-0.15, -0.1) is 0 Å². The molecule has 0 N–H and O–H groups in total. The second-order valence-electron chi connectivity index (χ2n) is 6.10. The first-order chi connectivity index (χ1) is 13.2. The average molecular weight is 425 g/mol. The number of aromatic nitrogens is 2. The molecule has 0 atom stereocenters. The highest BCUT2D eigenvalue weighted by molar-refractivity contribution is 7.98. The van der Waals surface area contributed by atoms with Crippen LogP contribution in [0.25, 0.3) is 0 Å². The number of hydrogen-bond donors (Lipinski definition) is 0. The van der Waals surface area contributed by atoms with Crippen LogP contribution in [0.4, 0.5) is 13.2 Å². The van der Waals surface area contributed by atoms with Gasteiger partial charge in [-0.05, 0) is 48.7 Å². The van der Waals surface area contributed by atoms with Gasteiger partial charge in [0.1, 0.15) is 5.75 Å². The van der Waals surface area contributed by atoms with Crippen molar-refractivity contribution in [1.29, 1.82) is 0 Å². The van der Waals surface area contributed by atoms with E-state index < -0.39 is 11.9 Å². The smallest absolute Gasteiger partial charge is 0.433 e. The summed E-state index contributed by atoms with van der Waals surface area (Å²) in [6, 6.07) is 13.2. The lowest BCUT2D eigenvalue weighted by molar-refractivity contribution is -0.141. The fourth-order valence-corrected chi connectivity index (χ4v) is 3.46. The monoisotopic (exact) mass is 424 g/mol. The van der Waals surface area contributed by atoms with Gasteiger partial charge in [-0.3, -0.25) is 0 Å². The Morgan fingerprint density at radius 1 is 1.00 bits per heavy atom. The molecule has 0 aliphatic heterocycles. The van der Waals surface area contributed by atoms with Crippen LogP contribution in [0, 0.1) is 13.8 Å². The third-order valence-corrected chi connectivity index (χ3v) is 5.25. The van der Waals surface area contributed by atoms with E-state index in [1.165, 1.54) is 0 Å². The molecule has 0 bridgehead atoms. The van der Waals surface area contributed by atoms with Crippen LogP contribution in [-0.4, -0.2) is 9.97 Å². The highest BCUT2D eigenvalue weighted by atomic mass is 35.5. The summed E-state index contributed by atoms with van der Waals surface area (Å²) in [6.07, 6.45) is -4.61. The minimum Gasteiger partial charge on any atom is -0.439 e. The summed E-state index contributed by atoms with van der Waals surface area (Å²) >= 11 is 7.16. The Hall–Kier alpha value is -2.25. The number of hydrogen-bond acceptors (Lipinski definition) is 4. The van der Waals surface area contributed by atoms with E-state index in [0.717, 1.165) is 34.5 Å². The Morgan fingerprint density at radius 3 is 2.43 bits per heavy atom. The molecular weight excluding hydrogens is 409 g/mol. The van der Waals surface area contributed by atoms with Crippen molar-refractivity contribution in [2.75, 3.05) is 0 Å². The molecule has 3 nitrogen and oxygen atoms in total. The van der Waals surface area contributed by atoms with Crippen molar-refractivity contribution in [2.45, 2.75) is 30.9 Å². The number of nitrogens with zero attached hydrogens (tertiary/aromatic N) is 2. The lowest BCUT2D eigenvalue weighted by Crippen LogP contribution is -2.10. The summed E-state index contributed by atoms with van der Waals surface area (Å²) in [5, 5.41) is 0.502. The van der Waals surface area contributed by atoms with Crippen LogP contribution in [0.3, 0.4) is 0 Å². The molecule has 0 aliphatic carbocycles. The quantitative estimate of drug-likeness (QED) is 0.331. The van der Waals surface area contributed by atoms with Gasteiger partial charge < -0.3 is 4.74 Å². The zero-order valence-corrected chi connectivity index (χ0v) is 16.6. The molecule has 28 heavy (non-hydrogen) atoms. The van der Waals surface area contributed by atoms with Crippen LogP contribution >= 0.6 is 23.4 Å². The van der Waals surface area contributed by atoms with Gasteiger partial charge in [0.25, 0.3) is 0 Å². The molecule has 3 aromatic rings. The van der Waals surface area contributed by atoms with Crippen LogP contribution in [-0.2, 0) is 11.9 Å². The van der Waals surface area contributed by atoms with E-state index in [2.05, 4.69) is 9.97 Å². The predicted octanol–water partition coefficient (Wildman–Crippen LogP) is 6.85. The molecule has 146 valence electrons. The van der Waals surface area contributed by atoms with Gasteiger partial charge in [0.2, 0.25) is 5.88 Å². The standard InChI is InChI=1S/C20H16ClF3N2OS/c1-12-7-8-15(9-13(12)2)27-18-10-17(20(22,23)24)25-19(26-18)28-11-14-5-3-4-6-16(14)21/h3-10H,11H2,1-2H3. The van der Waals surface area contributed by atoms with Crippen molar-refractivity contribution in [3.8, 4) is 11.6 Å². The lowest BCUT2D eigenvalue weighted by atomic mass is 10.1. The first-order valence-electron chi connectivity index (χ1n) is 8.30. The van der Waals surface area contributed by atoms with E-state index in [4.69, 9.17) is 16.3 Å². The van der Waals surface area contributed by atoms with Crippen LogP contribution in [0.15, 0.2) is 53.7 Å². The third kappa shape index (κ3) is 5.17. The summed E-state index contributed by atoms with van der Waals surface area (Å²) in [4.78, 5) is 7.75. The topological polar surface area (TPSA) is 35.0 Å². The SMILES string of the molecule is Cc1ccc(Oc2cc(C(F)(F)F)nc(SCc3ccccc3Cl)n2)cc1C. The largest absolute Gasteiger partial charge is 0.439 e. The third-order valence-electron chi connectivity index (χ3n) is 3.99. The maximum absolute atomic E-state index is 13.3. The second kappa shape index (κ2) is 8.41. The molecule has 0 unspecified atom stereocenters. The normalized spacial score (nSPS) is 11.5. The van der Waals surface area contributed by atoms with Crippen molar-refractivity contribution in [2.24, 2.45) is 0 Å². The second-order valence-corrected chi connectivity index (χ2v) is 7.45. The Bertz CT molecular complexity index is 995. The number of rotatable bonds is 5. The molecule has 0 saturated heterocycles. The van der Waals surface area contributed by atoms with E-state index in [1.807, 2.05) is 26.0 Å². The molecule has 1 heterocycles. The molecule has 0 aliphatic rings. The van der Waals surface area contributed by atoms with Gasteiger partial charge in [-0.2, -0.15) is 18.2 Å². The van der Waals surface area contributed by atoms with E-state index in [-0.39, 0.29) is 11.0 Å². The van der Waals surface area contributed by atoms with Gasteiger partial charge >= 0.3 is 6.18 Å². The first-order valence-corrected chi connectivity index (χ1v) is 9.66. The number of thioether (sulfide) groups is 1. The van der Waals surface area contributed by atoms with E-state index in [1.54, 1.807) is 30.3 Å². The molecule has 0 spiro atoms. The average Bonchev–Trinajstić information content (AvgIpc) is 2.63. The van der Waals surface area contributed by atoms with Crippen LogP contribution < -0.4 is 4.74 Å². The summed E-state index contributed by atoms with van der Waals surface area (Å²) in [6.45, 7) is 3.84. The van der Waals surface area contributed by atoms with Gasteiger partial charge in [0, 0.05) is 16.8 Å². The fraction of sp³-hybridized carbons (Fsp3) is 0.200. The lowest BCUT2D eigenvalue weighted by Gasteiger charge is -2.12. The zero-order valence-electron chi connectivity index (χ0n) is 15.0. The summed E-state index contributed by atoms with van der Waals surface area (Å²) < 4.78 is 45.3. The highest BCUT2D eigenvalue weighted by Gasteiger charge is 2.34. The minimum atomic E-state index is -4.61. The highest BCUT2D eigenvalue weighted by Crippen LogP contribution is 2.34. The Kier molecular flexibility index (Phi) is 6.15. The molecule has 8 heteroatoms. The Morgan fingerprint density at radius 2 is 1.75 bits per heavy atom. The van der Waals surface area contributed by atoms with E-state index in [0.29, 0.717) is 16.5 Å². The number of alkyl halides is 3. The first kappa shape index (κ1) is 20.5. The Labute approximate surface area is 169 Å². The molecule has 0 fully saturated rings. The van der Waals surface area contributed by atoms with Gasteiger partial charge in [-0.25, -0.2) is 4.98 Å². The van der Waals surface area contributed by atoms with Gasteiger partial charge in [-0.1, -0.05) is 47.6 Å². The summed E-state index contributed by atoms with van der Waals surface area (Å²) in [5.41, 5.74) is 1.76. The maximum Gasteiger partial charge on any atom is 0.433 e. The predicted molar refractivity (Wildman–Crippen MR) is 104 cm³/mol. The van der Waals surface area contributed by atoms with Crippen molar-refractivity contribution < 1.29 is 17.9 Å². The van der Waals surface area contributed by atoms with E-state index in [9.17, 15) is 13.2 Å². The fourth-order valence-electron chi connectivity index (χ4n) is 2.32. The number of halogens is 4. The van der Waals surface area contributed by atoms with Crippen molar-refractivity contribution in [3.63, 3.8) is 0 Å². The molecule has 2 aromatic carbocycles. The van der Waals surface area contributed by atoms with Crippen molar-refractivity contribution in [1.82, 2.24) is 9.97 Å².